The Hall–Kier alpha value is -1.90. The van der Waals surface area contributed by atoms with E-state index in [9.17, 15) is 4.79 Å². The zero-order valence-corrected chi connectivity index (χ0v) is 18.3. The zero-order chi connectivity index (χ0) is 20.2. The first-order valence-corrected chi connectivity index (χ1v) is 11.1. The third-order valence-corrected chi connectivity index (χ3v) is 5.55. The van der Waals surface area contributed by atoms with Crippen LogP contribution in [0.4, 0.5) is 5.13 Å². The van der Waals surface area contributed by atoms with Crippen molar-refractivity contribution in [3.05, 3.63) is 5.82 Å². The maximum atomic E-state index is 11.3. The molecule has 1 aliphatic heterocycles. The number of ether oxygens (including phenoxy) is 1. The number of unbranched alkanes of at least 4 members (excludes halogenated alkanes) is 3. The van der Waals surface area contributed by atoms with Gasteiger partial charge in [-0.15, -0.1) is 0 Å². The summed E-state index contributed by atoms with van der Waals surface area (Å²) < 4.78 is 9.33. The van der Waals surface area contributed by atoms with E-state index in [0.717, 1.165) is 81.7 Å². The normalized spacial score (nSPS) is 15.0. The number of guanidine groups is 1. The Balaban J connectivity index is 1.60. The van der Waals surface area contributed by atoms with Gasteiger partial charge in [-0.3, -0.25) is 9.79 Å². The fourth-order valence-electron chi connectivity index (χ4n) is 3.14. The van der Waals surface area contributed by atoms with E-state index in [2.05, 4.69) is 36.4 Å². The lowest BCUT2D eigenvalue weighted by Crippen LogP contribution is -2.52. The number of esters is 1. The molecule has 1 aliphatic rings. The molecule has 0 aromatic carbocycles. The van der Waals surface area contributed by atoms with Crippen molar-refractivity contribution in [2.24, 2.45) is 4.99 Å². The number of carbonyl (C=O) groups excluding carboxylic acids is 1. The molecule has 2 heterocycles. The van der Waals surface area contributed by atoms with Gasteiger partial charge in [-0.1, -0.05) is 19.8 Å². The Morgan fingerprint density at radius 3 is 2.57 bits per heavy atom. The fraction of sp³-hybridized carbons (Fsp3) is 0.789. The van der Waals surface area contributed by atoms with Crippen LogP contribution in [0.3, 0.4) is 0 Å². The van der Waals surface area contributed by atoms with Crippen molar-refractivity contribution < 1.29 is 9.53 Å². The summed E-state index contributed by atoms with van der Waals surface area (Å²) in [6, 6.07) is 0. The summed E-state index contributed by atoms with van der Waals surface area (Å²) >= 11 is 1.50. The average molecular weight is 411 g/mol. The summed E-state index contributed by atoms with van der Waals surface area (Å²) in [5, 5.41) is 4.50. The Morgan fingerprint density at radius 2 is 1.93 bits per heavy atom. The Kier molecular flexibility index (Phi) is 10.0. The number of nitrogens with zero attached hydrogens (tertiary/aromatic N) is 5. The molecule has 0 atom stereocenters. The Labute approximate surface area is 172 Å². The molecule has 1 saturated heterocycles. The number of aryl methyl sites for hydroxylation is 1. The second-order valence-electron chi connectivity index (χ2n) is 6.76. The van der Waals surface area contributed by atoms with Gasteiger partial charge >= 0.3 is 5.97 Å². The maximum Gasteiger partial charge on any atom is 0.305 e. The van der Waals surface area contributed by atoms with Gasteiger partial charge in [0.2, 0.25) is 5.13 Å². The molecular formula is C19H34N6O2S. The molecule has 0 saturated carbocycles. The van der Waals surface area contributed by atoms with Gasteiger partial charge in [0.25, 0.3) is 0 Å². The summed E-state index contributed by atoms with van der Waals surface area (Å²) in [6.07, 6.45) is 5.55. The molecule has 0 aliphatic carbocycles. The number of nitrogens with one attached hydrogen (secondary N) is 1. The highest BCUT2D eigenvalue weighted by atomic mass is 32.1. The minimum Gasteiger partial charge on any atom is -0.466 e. The van der Waals surface area contributed by atoms with Crippen molar-refractivity contribution in [1.29, 1.82) is 0 Å². The van der Waals surface area contributed by atoms with E-state index in [-0.39, 0.29) is 5.97 Å². The molecule has 1 aromatic rings. The van der Waals surface area contributed by atoms with Crippen LogP contribution in [0.15, 0.2) is 4.99 Å². The fourth-order valence-corrected chi connectivity index (χ4v) is 3.94. The van der Waals surface area contributed by atoms with Crippen LogP contribution in [0.5, 0.6) is 0 Å². The van der Waals surface area contributed by atoms with Crippen molar-refractivity contribution >= 4 is 28.6 Å². The molecule has 1 fully saturated rings. The standard InChI is InChI=1S/C19H34N6O2S/c1-4-16-22-19(28-23-16)25-14-12-24(13-15-25)18(20-3)21-11-9-7-6-8-10-17(26)27-5-2/h4-15H2,1-3H3,(H,20,21). The van der Waals surface area contributed by atoms with Gasteiger partial charge in [-0.25, -0.2) is 4.98 Å². The number of aliphatic imine (C=N–C) groups is 1. The molecule has 8 nitrogen and oxygen atoms in total. The molecule has 9 heteroatoms. The number of anilines is 1. The van der Waals surface area contributed by atoms with E-state index in [1.54, 1.807) is 0 Å². The monoisotopic (exact) mass is 410 g/mol. The highest BCUT2D eigenvalue weighted by Gasteiger charge is 2.21. The number of aromatic nitrogens is 2. The third-order valence-electron chi connectivity index (χ3n) is 4.73. The lowest BCUT2D eigenvalue weighted by molar-refractivity contribution is -0.143. The summed E-state index contributed by atoms with van der Waals surface area (Å²) in [5.74, 6) is 1.82. The second-order valence-corrected chi connectivity index (χ2v) is 7.49. The maximum absolute atomic E-state index is 11.3. The molecule has 0 radical (unpaired) electrons. The first kappa shape index (κ1) is 22.4. The van der Waals surface area contributed by atoms with Gasteiger partial charge in [0, 0.05) is 64.1 Å². The van der Waals surface area contributed by atoms with Crippen LogP contribution in [0.25, 0.3) is 0 Å². The molecule has 1 aromatic heterocycles. The van der Waals surface area contributed by atoms with Crippen molar-refractivity contribution in [3.63, 3.8) is 0 Å². The number of hydrogen-bond donors (Lipinski definition) is 1. The van der Waals surface area contributed by atoms with Crippen LogP contribution in [0.1, 0.15) is 51.8 Å². The average Bonchev–Trinajstić information content (AvgIpc) is 3.20. The largest absolute Gasteiger partial charge is 0.466 e. The molecule has 0 bridgehead atoms. The third kappa shape index (κ3) is 7.26. The quantitative estimate of drug-likeness (QED) is 0.274. The van der Waals surface area contributed by atoms with Crippen LogP contribution in [0, 0.1) is 0 Å². The smallest absolute Gasteiger partial charge is 0.305 e. The predicted molar refractivity (Wildman–Crippen MR) is 114 cm³/mol. The topological polar surface area (TPSA) is 83.0 Å². The van der Waals surface area contributed by atoms with Crippen LogP contribution < -0.4 is 10.2 Å². The van der Waals surface area contributed by atoms with Crippen LogP contribution in [-0.4, -0.2) is 72.6 Å². The lowest BCUT2D eigenvalue weighted by Gasteiger charge is -2.36. The van der Waals surface area contributed by atoms with Gasteiger partial charge in [0.1, 0.15) is 5.82 Å². The summed E-state index contributed by atoms with van der Waals surface area (Å²) in [6.45, 7) is 9.04. The molecule has 0 unspecified atom stereocenters. The van der Waals surface area contributed by atoms with Gasteiger partial charge < -0.3 is 19.9 Å². The summed E-state index contributed by atoms with van der Waals surface area (Å²) in [4.78, 5) is 24.9. The first-order valence-electron chi connectivity index (χ1n) is 10.4. The Morgan fingerprint density at radius 1 is 1.18 bits per heavy atom. The minimum atomic E-state index is -0.0837. The number of piperazine rings is 1. The van der Waals surface area contributed by atoms with E-state index in [1.165, 1.54) is 11.5 Å². The van der Waals surface area contributed by atoms with E-state index in [1.807, 2.05) is 14.0 Å². The van der Waals surface area contributed by atoms with E-state index < -0.39 is 0 Å². The van der Waals surface area contributed by atoms with E-state index in [4.69, 9.17) is 4.74 Å². The first-order chi connectivity index (χ1) is 13.7. The Bertz CT molecular complexity index is 613. The number of carbonyl (C=O) groups is 1. The van der Waals surface area contributed by atoms with Gasteiger partial charge in [-0.05, 0) is 19.8 Å². The van der Waals surface area contributed by atoms with Crippen molar-refractivity contribution in [2.75, 3.05) is 51.3 Å². The van der Waals surface area contributed by atoms with E-state index >= 15 is 0 Å². The summed E-state index contributed by atoms with van der Waals surface area (Å²) in [7, 11) is 1.84. The SMILES string of the molecule is CCOC(=O)CCCCCCNC(=NC)N1CCN(c2nc(CC)ns2)CC1. The highest BCUT2D eigenvalue weighted by molar-refractivity contribution is 7.09. The van der Waals surface area contributed by atoms with Crippen molar-refractivity contribution in [2.45, 2.75) is 52.4 Å². The van der Waals surface area contributed by atoms with E-state index in [0.29, 0.717) is 13.0 Å². The summed E-state index contributed by atoms with van der Waals surface area (Å²) in [5.41, 5.74) is 0. The minimum absolute atomic E-state index is 0.0837. The molecule has 0 amide bonds. The van der Waals surface area contributed by atoms with Gasteiger partial charge in [-0.2, -0.15) is 4.37 Å². The van der Waals surface area contributed by atoms with Crippen LogP contribution in [-0.2, 0) is 16.0 Å². The molecule has 1 N–H and O–H groups in total. The molecule has 2 rings (SSSR count). The van der Waals surface area contributed by atoms with Crippen molar-refractivity contribution in [3.8, 4) is 0 Å². The molecular weight excluding hydrogens is 376 g/mol. The molecule has 28 heavy (non-hydrogen) atoms. The lowest BCUT2D eigenvalue weighted by atomic mass is 10.1. The van der Waals surface area contributed by atoms with Crippen LogP contribution >= 0.6 is 11.5 Å². The molecule has 0 spiro atoms. The molecule has 158 valence electrons. The highest BCUT2D eigenvalue weighted by Crippen LogP contribution is 2.19. The second kappa shape index (κ2) is 12.5. The zero-order valence-electron chi connectivity index (χ0n) is 17.4. The van der Waals surface area contributed by atoms with Crippen LogP contribution in [0.2, 0.25) is 0 Å². The number of rotatable bonds is 10. The van der Waals surface area contributed by atoms with Gasteiger partial charge in [0.15, 0.2) is 5.96 Å². The van der Waals surface area contributed by atoms with Gasteiger partial charge in [0.05, 0.1) is 6.61 Å². The predicted octanol–water partition coefficient (Wildman–Crippen LogP) is 2.31. The number of hydrogen-bond acceptors (Lipinski definition) is 7. The van der Waals surface area contributed by atoms with Crippen molar-refractivity contribution in [1.82, 2.24) is 19.6 Å².